The van der Waals surface area contributed by atoms with Gasteiger partial charge in [0.15, 0.2) is 6.61 Å². The maximum absolute atomic E-state index is 12.9. The van der Waals surface area contributed by atoms with E-state index in [9.17, 15) is 17.6 Å². The lowest BCUT2D eigenvalue weighted by Crippen LogP contribution is -2.21. The lowest BCUT2D eigenvalue weighted by molar-refractivity contribution is -0.153. The number of ether oxygens (including phenoxy) is 1. The minimum atomic E-state index is -4.55. The molecular formula is C8H7BF4O4. The number of hydrogen-bond donors (Lipinski definition) is 2. The third kappa shape index (κ3) is 5.41. The minimum Gasteiger partial charge on any atom is -0.512 e. The van der Waals surface area contributed by atoms with Crippen LogP contribution >= 0.6 is 0 Å². The van der Waals surface area contributed by atoms with Gasteiger partial charge in [0.1, 0.15) is 17.3 Å². The molecule has 0 aliphatic rings. The Balaban J connectivity index is 2.75. The van der Waals surface area contributed by atoms with E-state index in [1.54, 1.807) is 0 Å². The molecule has 0 atom stereocenters. The standard InChI is InChI=1S/C8H7BF4O4/c10-5-1-6(16-4-8(11,12)13)3-7(2-5)17-9(14)15/h1-3,14-15H,4H2. The molecule has 1 aromatic carbocycles. The van der Waals surface area contributed by atoms with Crippen LogP contribution in [-0.2, 0) is 0 Å². The van der Waals surface area contributed by atoms with Crippen LogP contribution in [0.1, 0.15) is 0 Å². The highest BCUT2D eigenvalue weighted by atomic mass is 19.4. The minimum absolute atomic E-state index is 0.364. The summed E-state index contributed by atoms with van der Waals surface area (Å²) in [5, 5.41) is 16.9. The summed E-state index contributed by atoms with van der Waals surface area (Å²) in [6.07, 6.45) is -4.55. The van der Waals surface area contributed by atoms with Crippen LogP contribution in [0.15, 0.2) is 18.2 Å². The Kier molecular flexibility index (Phi) is 4.19. The molecule has 0 aromatic heterocycles. The van der Waals surface area contributed by atoms with Crippen molar-refractivity contribution >= 4 is 7.32 Å². The van der Waals surface area contributed by atoms with Crippen LogP contribution in [0.2, 0.25) is 0 Å². The van der Waals surface area contributed by atoms with E-state index in [4.69, 9.17) is 10.0 Å². The first-order valence-corrected chi connectivity index (χ1v) is 4.29. The second-order valence-electron chi connectivity index (χ2n) is 2.97. The molecule has 2 N–H and O–H groups in total. The van der Waals surface area contributed by atoms with E-state index >= 15 is 0 Å². The SMILES string of the molecule is OB(O)Oc1cc(F)cc(OCC(F)(F)F)c1. The quantitative estimate of drug-likeness (QED) is 0.624. The van der Waals surface area contributed by atoms with E-state index in [2.05, 4.69) is 9.39 Å². The largest absolute Gasteiger partial charge is 0.707 e. The molecule has 17 heavy (non-hydrogen) atoms. The van der Waals surface area contributed by atoms with Gasteiger partial charge < -0.3 is 19.4 Å². The van der Waals surface area contributed by atoms with Crippen molar-refractivity contribution in [3.63, 3.8) is 0 Å². The fraction of sp³-hybridized carbons (Fsp3) is 0.250. The highest BCUT2D eigenvalue weighted by Gasteiger charge is 2.28. The lowest BCUT2D eigenvalue weighted by Gasteiger charge is -2.11. The number of alkyl halides is 3. The van der Waals surface area contributed by atoms with E-state index in [1.807, 2.05) is 0 Å². The van der Waals surface area contributed by atoms with Gasteiger partial charge in [-0.1, -0.05) is 0 Å². The second kappa shape index (κ2) is 5.24. The van der Waals surface area contributed by atoms with Crippen LogP contribution in [0.5, 0.6) is 11.5 Å². The van der Waals surface area contributed by atoms with Crippen LogP contribution in [0.3, 0.4) is 0 Å². The molecule has 1 aromatic rings. The molecule has 0 bridgehead atoms. The Morgan fingerprint density at radius 3 is 2.24 bits per heavy atom. The van der Waals surface area contributed by atoms with Crippen molar-refractivity contribution in [1.82, 2.24) is 0 Å². The normalized spacial score (nSPS) is 11.2. The summed E-state index contributed by atoms with van der Waals surface area (Å²) < 4.78 is 56.9. The molecule has 0 spiro atoms. The molecule has 0 radical (unpaired) electrons. The van der Waals surface area contributed by atoms with Crippen molar-refractivity contribution < 1.29 is 37.0 Å². The molecule has 0 aliphatic heterocycles. The van der Waals surface area contributed by atoms with Crippen LogP contribution in [-0.4, -0.2) is 30.2 Å². The van der Waals surface area contributed by atoms with Gasteiger partial charge >= 0.3 is 13.5 Å². The van der Waals surface area contributed by atoms with Crippen molar-refractivity contribution in [3.8, 4) is 11.5 Å². The summed E-state index contributed by atoms with van der Waals surface area (Å²) in [5.41, 5.74) is 0. The number of hydrogen-bond acceptors (Lipinski definition) is 4. The van der Waals surface area contributed by atoms with Crippen molar-refractivity contribution in [2.75, 3.05) is 6.61 Å². The maximum Gasteiger partial charge on any atom is 0.707 e. The number of halogens is 4. The molecule has 94 valence electrons. The van der Waals surface area contributed by atoms with Crippen LogP contribution in [0.4, 0.5) is 17.6 Å². The zero-order chi connectivity index (χ0) is 13.1. The first-order valence-electron chi connectivity index (χ1n) is 4.29. The Morgan fingerprint density at radius 1 is 1.12 bits per heavy atom. The average Bonchev–Trinajstić information content (AvgIpc) is 2.11. The van der Waals surface area contributed by atoms with E-state index in [1.165, 1.54) is 0 Å². The molecule has 0 saturated carbocycles. The average molecular weight is 254 g/mol. The first-order chi connectivity index (χ1) is 7.76. The molecular weight excluding hydrogens is 247 g/mol. The molecule has 9 heteroatoms. The van der Waals surface area contributed by atoms with Crippen LogP contribution in [0.25, 0.3) is 0 Å². The fourth-order valence-corrected chi connectivity index (χ4v) is 0.975. The van der Waals surface area contributed by atoms with Gasteiger partial charge in [0, 0.05) is 18.2 Å². The lowest BCUT2D eigenvalue weighted by atomic mass is 10.2. The van der Waals surface area contributed by atoms with Crippen LogP contribution < -0.4 is 9.39 Å². The van der Waals surface area contributed by atoms with Gasteiger partial charge in [-0.15, -0.1) is 0 Å². The van der Waals surface area contributed by atoms with Gasteiger partial charge in [-0.25, -0.2) is 4.39 Å². The summed E-state index contributed by atoms with van der Waals surface area (Å²) in [7, 11) is -2.20. The van der Waals surface area contributed by atoms with Gasteiger partial charge in [0.2, 0.25) is 0 Å². The number of benzene rings is 1. The topological polar surface area (TPSA) is 58.9 Å². The van der Waals surface area contributed by atoms with Gasteiger partial charge in [0.25, 0.3) is 0 Å². The van der Waals surface area contributed by atoms with E-state index in [-0.39, 0.29) is 5.75 Å². The second-order valence-corrected chi connectivity index (χ2v) is 2.97. The molecule has 1 rings (SSSR count). The molecule has 0 fully saturated rings. The number of rotatable bonds is 4. The molecule has 0 aliphatic carbocycles. The van der Waals surface area contributed by atoms with Crippen molar-refractivity contribution in [2.45, 2.75) is 6.18 Å². The summed E-state index contributed by atoms with van der Waals surface area (Å²) in [4.78, 5) is 0. The first kappa shape index (κ1) is 13.6. The van der Waals surface area contributed by atoms with Gasteiger partial charge in [0.05, 0.1) is 0 Å². The van der Waals surface area contributed by atoms with Gasteiger partial charge in [-0.3, -0.25) is 0 Å². The van der Waals surface area contributed by atoms with Crippen molar-refractivity contribution in [1.29, 1.82) is 0 Å². The van der Waals surface area contributed by atoms with E-state index < -0.39 is 31.7 Å². The Hall–Kier alpha value is -1.48. The molecule has 4 nitrogen and oxygen atoms in total. The summed E-state index contributed by atoms with van der Waals surface area (Å²) in [6, 6.07) is 2.37. The summed E-state index contributed by atoms with van der Waals surface area (Å²) >= 11 is 0. The third-order valence-corrected chi connectivity index (χ3v) is 1.49. The van der Waals surface area contributed by atoms with Crippen LogP contribution in [0, 0.1) is 5.82 Å². The van der Waals surface area contributed by atoms with Gasteiger partial charge in [-0.05, 0) is 0 Å². The maximum atomic E-state index is 12.9. The highest BCUT2D eigenvalue weighted by molar-refractivity contribution is 6.33. The summed E-state index contributed by atoms with van der Waals surface area (Å²) in [6.45, 7) is -1.59. The summed E-state index contributed by atoms with van der Waals surface area (Å²) in [5.74, 6) is -1.73. The molecule has 0 amide bonds. The van der Waals surface area contributed by atoms with E-state index in [0.29, 0.717) is 6.07 Å². The fourth-order valence-electron chi connectivity index (χ4n) is 0.975. The van der Waals surface area contributed by atoms with E-state index in [0.717, 1.165) is 12.1 Å². The molecule has 0 heterocycles. The Morgan fingerprint density at radius 2 is 1.71 bits per heavy atom. The predicted octanol–water partition coefficient (Wildman–Crippen LogP) is 1.12. The molecule has 0 saturated heterocycles. The smallest absolute Gasteiger partial charge is 0.512 e. The third-order valence-electron chi connectivity index (χ3n) is 1.49. The zero-order valence-corrected chi connectivity index (χ0v) is 8.24. The van der Waals surface area contributed by atoms with Crippen molar-refractivity contribution in [2.24, 2.45) is 0 Å². The van der Waals surface area contributed by atoms with Crippen molar-refractivity contribution in [3.05, 3.63) is 24.0 Å². The Labute approximate surface area is 93.6 Å². The monoisotopic (exact) mass is 254 g/mol. The molecule has 0 unspecified atom stereocenters. The zero-order valence-electron chi connectivity index (χ0n) is 8.24. The highest BCUT2D eigenvalue weighted by Crippen LogP contribution is 2.24. The Bertz CT molecular complexity index is 382. The predicted molar refractivity (Wildman–Crippen MR) is 48.8 cm³/mol. The van der Waals surface area contributed by atoms with Gasteiger partial charge in [-0.2, -0.15) is 13.2 Å².